The van der Waals surface area contributed by atoms with Gasteiger partial charge >= 0.3 is 0 Å². The normalized spacial score (nSPS) is 10.8. The highest BCUT2D eigenvalue weighted by atomic mass is 16.5. The van der Waals surface area contributed by atoms with Crippen LogP contribution in [-0.4, -0.2) is 23.0 Å². The zero-order valence-electron chi connectivity index (χ0n) is 9.42. The fourth-order valence-corrected chi connectivity index (χ4v) is 1.46. The van der Waals surface area contributed by atoms with Gasteiger partial charge in [0.2, 0.25) is 0 Å². The van der Waals surface area contributed by atoms with Crippen LogP contribution >= 0.6 is 0 Å². The molecule has 0 radical (unpaired) electrons. The van der Waals surface area contributed by atoms with E-state index in [0.29, 0.717) is 0 Å². The largest absolute Gasteiger partial charge is 0.380 e. The number of aryl methyl sites for hydroxylation is 2. The molecule has 0 fully saturated rings. The Morgan fingerprint density at radius 1 is 1.29 bits per heavy atom. The highest BCUT2D eigenvalue weighted by Gasteiger charge is 2.04. The maximum atomic E-state index is 5.32. The van der Waals surface area contributed by atoms with Crippen LogP contribution in [0, 0.1) is 0 Å². The second-order valence-corrected chi connectivity index (χ2v) is 3.25. The molecule has 0 saturated carbocycles. The second-order valence-electron chi connectivity index (χ2n) is 3.25. The molecule has 0 unspecified atom stereocenters. The highest BCUT2D eigenvalue weighted by Crippen LogP contribution is 2.06. The van der Waals surface area contributed by atoms with Gasteiger partial charge in [-0.15, -0.1) is 0 Å². The molecular formula is C11H20N2O. The predicted octanol–water partition coefficient (Wildman–Crippen LogP) is 2.04. The van der Waals surface area contributed by atoms with E-state index in [2.05, 4.69) is 29.7 Å². The fourth-order valence-electron chi connectivity index (χ4n) is 1.46. The molecule has 80 valence electrons. The monoisotopic (exact) mass is 196 g/mol. The topological polar surface area (TPSA) is 27.1 Å². The van der Waals surface area contributed by atoms with Gasteiger partial charge in [0.25, 0.3) is 0 Å². The van der Waals surface area contributed by atoms with Crippen LogP contribution in [0.5, 0.6) is 0 Å². The van der Waals surface area contributed by atoms with Crippen LogP contribution in [0.4, 0.5) is 0 Å². The minimum Gasteiger partial charge on any atom is -0.380 e. The van der Waals surface area contributed by atoms with Crippen LogP contribution in [0.25, 0.3) is 0 Å². The van der Waals surface area contributed by atoms with Crippen LogP contribution in [0.1, 0.15) is 32.2 Å². The first-order valence-electron chi connectivity index (χ1n) is 5.45. The molecule has 1 rings (SSSR count). The van der Waals surface area contributed by atoms with Gasteiger partial charge in [-0.05, 0) is 25.8 Å². The van der Waals surface area contributed by atoms with Crippen molar-refractivity contribution in [2.75, 3.05) is 13.2 Å². The van der Waals surface area contributed by atoms with Crippen molar-refractivity contribution in [2.45, 2.75) is 40.2 Å². The summed E-state index contributed by atoms with van der Waals surface area (Å²) < 4.78 is 7.38. The van der Waals surface area contributed by atoms with Gasteiger partial charge in [-0.2, -0.15) is 5.10 Å². The average Bonchev–Trinajstić information content (AvgIpc) is 2.61. The summed E-state index contributed by atoms with van der Waals surface area (Å²) in [4.78, 5) is 0. The Morgan fingerprint density at radius 2 is 2.07 bits per heavy atom. The van der Waals surface area contributed by atoms with Crippen molar-refractivity contribution in [1.29, 1.82) is 0 Å². The summed E-state index contributed by atoms with van der Waals surface area (Å²) >= 11 is 0. The Morgan fingerprint density at radius 3 is 2.64 bits per heavy atom. The first kappa shape index (κ1) is 11.2. The minimum atomic E-state index is 0.758. The SMILES string of the molecule is CCOCCn1nc(CC)cc1CC. The lowest BCUT2D eigenvalue weighted by atomic mass is 10.3. The van der Waals surface area contributed by atoms with Gasteiger partial charge in [0.15, 0.2) is 0 Å². The lowest BCUT2D eigenvalue weighted by Gasteiger charge is -2.05. The molecule has 0 atom stereocenters. The van der Waals surface area contributed by atoms with Crippen LogP contribution in [-0.2, 0) is 24.1 Å². The van der Waals surface area contributed by atoms with E-state index in [0.717, 1.165) is 32.6 Å². The Balaban J connectivity index is 2.59. The van der Waals surface area contributed by atoms with Gasteiger partial charge in [0.05, 0.1) is 18.8 Å². The molecule has 3 heteroatoms. The van der Waals surface area contributed by atoms with E-state index in [4.69, 9.17) is 4.74 Å². The highest BCUT2D eigenvalue weighted by molar-refractivity contribution is 5.10. The van der Waals surface area contributed by atoms with Gasteiger partial charge < -0.3 is 4.74 Å². The minimum absolute atomic E-state index is 0.758. The molecule has 0 aromatic carbocycles. The van der Waals surface area contributed by atoms with E-state index in [1.54, 1.807) is 0 Å². The molecule has 0 saturated heterocycles. The summed E-state index contributed by atoms with van der Waals surface area (Å²) in [6.45, 7) is 8.72. The second kappa shape index (κ2) is 5.81. The van der Waals surface area contributed by atoms with E-state index in [9.17, 15) is 0 Å². The standard InChI is InChI=1S/C11H20N2O/c1-4-10-9-11(5-2)13(12-10)7-8-14-6-3/h9H,4-8H2,1-3H3. The molecule has 1 heterocycles. The van der Waals surface area contributed by atoms with Crippen molar-refractivity contribution in [1.82, 2.24) is 9.78 Å². The Labute approximate surface area is 86.1 Å². The molecule has 0 N–H and O–H groups in total. The van der Waals surface area contributed by atoms with Crippen molar-refractivity contribution in [3.8, 4) is 0 Å². The third-order valence-electron chi connectivity index (χ3n) is 2.29. The summed E-state index contributed by atoms with van der Waals surface area (Å²) in [7, 11) is 0. The van der Waals surface area contributed by atoms with Gasteiger partial charge in [-0.25, -0.2) is 0 Å². The number of aromatic nitrogens is 2. The van der Waals surface area contributed by atoms with Crippen molar-refractivity contribution in [3.05, 3.63) is 17.5 Å². The quantitative estimate of drug-likeness (QED) is 0.651. The van der Waals surface area contributed by atoms with Crippen molar-refractivity contribution >= 4 is 0 Å². The first-order valence-corrected chi connectivity index (χ1v) is 5.45. The molecule has 1 aromatic rings. The molecule has 0 bridgehead atoms. The number of ether oxygens (including phenoxy) is 1. The lowest BCUT2D eigenvalue weighted by Crippen LogP contribution is -2.10. The molecule has 0 aliphatic carbocycles. The van der Waals surface area contributed by atoms with Gasteiger partial charge in [-0.3, -0.25) is 4.68 Å². The summed E-state index contributed by atoms with van der Waals surface area (Å²) in [5.41, 5.74) is 2.49. The molecule has 0 aliphatic rings. The molecular weight excluding hydrogens is 176 g/mol. The number of hydrogen-bond acceptors (Lipinski definition) is 2. The summed E-state index contributed by atoms with van der Waals surface area (Å²) in [5.74, 6) is 0. The Bertz CT molecular complexity index is 268. The van der Waals surface area contributed by atoms with Gasteiger partial charge in [0.1, 0.15) is 0 Å². The maximum absolute atomic E-state index is 5.32. The van der Waals surface area contributed by atoms with E-state index in [-0.39, 0.29) is 0 Å². The van der Waals surface area contributed by atoms with Crippen LogP contribution in [0.15, 0.2) is 6.07 Å². The van der Waals surface area contributed by atoms with Crippen molar-refractivity contribution in [2.24, 2.45) is 0 Å². The number of rotatable bonds is 6. The maximum Gasteiger partial charge on any atom is 0.0662 e. The van der Waals surface area contributed by atoms with Crippen molar-refractivity contribution in [3.63, 3.8) is 0 Å². The smallest absolute Gasteiger partial charge is 0.0662 e. The fraction of sp³-hybridized carbons (Fsp3) is 0.727. The zero-order chi connectivity index (χ0) is 10.4. The molecule has 3 nitrogen and oxygen atoms in total. The lowest BCUT2D eigenvalue weighted by molar-refractivity contribution is 0.135. The Kier molecular flexibility index (Phi) is 4.66. The summed E-state index contributed by atoms with van der Waals surface area (Å²) in [6.07, 6.45) is 2.05. The number of nitrogens with zero attached hydrogens (tertiary/aromatic N) is 2. The van der Waals surface area contributed by atoms with Crippen LogP contribution < -0.4 is 0 Å². The van der Waals surface area contributed by atoms with Crippen LogP contribution in [0.3, 0.4) is 0 Å². The van der Waals surface area contributed by atoms with Gasteiger partial charge in [-0.1, -0.05) is 13.8 Å². The van der Waals surface area contributed by atoms with E-state index < -0.39 is 0 Å². The zero-order valence-corrected chi connectivity index (χ0v) is 9.42. The molecule has 0 spiro atoms. The molecule has 14 heavy (non-hydrogen) atoms. The third kappa shape index (κ3) is 2.84. The Hall–Kier alpha value is -0.830. The van der Waals surface area contributed by atoms with E-state index in [1.165, 1.54) is 11.4 Å². The molecule has 0 aliphatic heterocycles. The first-order chi connectivity index (χ1) is 6.81. The number of hydrogen-bond donors (Lipinski definition) is 0. The van der Waals surface area contributed by atoms with Crippen LogP contribution in [0.2, 0.25) is 0 Å². The van der Waals surface area contributed by atoms with Crippen molar-refractivity contribution < 1.29 is 4.74 Å². The van der Waals surface area contributed by atoms with E-state index in [1.807, 2.05) is 6.92 Å². The predicted molar refractivity (Wildman–Crippen MR) is 57.5 cm³/mol. The molecule has 0 amide bonds. The third-order valence-corrected chi connectivity index (χ3v) is 2.29. The van der Waals surface area contributed by atoms with Gasteiger partial charge in [0, 0.05) is 12.3 Å². The summed E-state index contributed by atoms with van der Waals surface area (Å²) in [5, 5.41) is 4.51. The summed E-state index contributed by atoms with van der Waals surface area (Å²) in [6, 6.07) is 2.19. The average molecular weight is 196 g/mol. The van der Waals surface area contributed by atoms with E-state index >= 15 is 0 Å². The molecule has 1 aromatic heterocycles.